The van der Waals surface area contributed by atoms with E-state index in [4.69, 9.17) is 5.73 Å². The third kappa shape index (κ3) is 3.26. The number of nitrogens with two attached hydrogens (primary N) is 1. The quantitative estimate of drug-likeness (QED) is 0.931. The molecule has 1 aromatic heterocycles. The first kappa shape index (κ1) is 14.1. The lowest BCUT2D eigenvalue weighted by Gasteiger charge is -2.10. The van der Waals surface area contributed by atoms with E-state index in [0.29, 0.717) is 12.2 Å². The zero-order chi connectivity index (χ0) is 14.9. The fourth-order valence-electron chi connectivity index (χ4n) is 2.76. The van der Waals surface area contributed by atoms with E-state index in [1.165, 1.54) is 5.56 Å². The second-order valence-corrected chi connectivity index (χ2v) is 7.78. The molecule has 1 aliphatic heterocycles. The molecule has 0 saturated carbocycles. The van der Waals surface area contributed by atoms with E-state index in [-0.39, 0.29) is 17.5 Å². The highest BCUT2D eigenvalue weighted by Crippen LogP contribution is 2.26. The van der Waals surface area contributed by atoms with Gasteiger partial charge in [-0.2, -0.15) is 5.10 Å². The Hall–Kier alpha value is -1.82. The van der Waals surface area contributed by atoms with Crippen molar-refractivity contribution in [2.45, 2.75) is 25.3 Å². The Kier molecular flexibility index (Phi) is 3.71. The number of nitrogens with zero attached hydrogens (tertiary/aromatic N) is 2. The summed E-state index contributed by atoms with van der Waals surface area (Å²) in [6.45, 7) is 0. The number of anilines is 1. The fourth-order valence-corrected chi connectivity index (χ4v) is 4.45. The van der Waals surface area contributed by atoms with Crippen LogP contribution in [0.1, 0.15) is 23.7 Å². The van der Waals surface area contributed by atoms with Crippen LogP contribution in [0.15, 0.2) is 36.4 Å². The maximum atomic E-state index is 11.6. The molecule has 21 heavy (non-hydrogen) atoms. The van der Waals surface area contributed by atoms with Gasteiger partial charge in [-0.15, -0.1) is 0 Å². The molecule has 112 valence electrons. The molecule has 2 N–H and O–H groups in total. The molecule has 0 bridgehead atoms. The summed E-state index contributed by atoms with van der Waals surface area (Å²) in [7, 11) is -2.92. The highest BCUT2D eigenvalue weighted by atomic mass is 32.2. The molecule has 1 aliphatic rings. The van der Waals surface area contributed by atoms with Gasteiger partial charge in [-0.05, 0) is 24.8 Å². The Bertz CT molecular complexity index is 723. The van der Waals surface area contributed by atoms with Crippen LogP contribution in [0.3, 0.4) is 0 Å². The lowest BCUT2D eigenvalue weighted by atomic mass is 10.1. The molecule has 5 nitrogen and oxygen atoms in total. The summed E-state index contributed by atoms with van der Waals surface area (Å²) in [4.78, 5) is 0. The Labute approximate surface area is 124 Å². The van der Waals surface area contributed by atoms with Gasteiger partial charge in [0.15, 0.2) is 9.84 Å². The molecule has 2 heterocycles. The largest absolute Gasteiger partial charge is 0.384 e. The SMILES string of the molecule is Nc1cc(CCc2ccccc2)nn1C1CCS(=O)(=O)C1. The summed E-state index contributed by atoms with van der Waals surface area (Å²) in [5, 5.41) is 4.50. The molecular formula is C15H19N3O2S. The predicted molar refractivity (Wildman–Crippen MR) is 82.8 cm³/mol. The minimum atomic E-state index is -2.92. The van der Waals surface area contributed by atoms with Gasteiger partial charge in [0.05, 0.1) is 23.2 Å². The lowest BCUT2D eigenvalue weighted by molar-refractivity contribution is 0.501. The number of aryl methyl sites for hydroxylation is 2. The molecule has 6 heteroatoms. The van der Waals surface area contributed by atoms with Crippen molar-refractivity contribution in [2.75, 3.05) is 17.2 Å². The second kappa shape index (κ2) is 5.52. The van der Waals surface area contributed by atoms with Crippen LogP contribution >= 0.6 is 0 Å². The molecule has 1 aromatic carbocycles. The first-order valence-electron chi connectivity index (χ1n) is 7.12. The Balaban J connectivity index is 1.70. The first-order chi connectivity index (χ1) is 10.0. The van der Waals surface area contributed by atoms with Gasteiger partial charge in [0, 0.05) is 6.07 Å². The number of nitrogen functional groups attached to an aromatic ring is 1. The van der Waals surface area contributed by atoms with Gasteiger partial charge < -0.3 is 5.73 Å². The number of benzene rings is 1. The van der Waals surface area contributed by atoms with Gasteiger partial charge in [-0.1, -0.05) is 30.3 Å². The number of sulfone groups is 1. The number of hydrogen-bond acceptors (Lipinski definition) is 4. The Morgan fingerprint density at radius 1 is 1.24 bits per heavy atom. The van der Waals surface area contributed by atoms with Gasteiger partial charge >= 0.3 is 0 Å². The van der Waals surface area contributed by atoms with E-state index in [9.17, 15) is 8.42 Å². The molecule has 0 radical (unpaired) electrons. The first-order valence-corrected chi connectivity index (χ1v) is 8.94. The number of hydrogen-bond donors (Lipinski definition) is 1. The summed E-state index contributed by atoms with van der Waals surface area (Å²) in [6, 6.07) is 12.0. The van der Waals surface area contributed by atoms with Crippen LogP contribution in [-0.2, 0) is 22.7 Å². The van der Waals surface area contributed by atoms with Gasteiger partial charge in [0.1, 0.15) is 5.82 Å². The summed E-state index contributed by atoms with van der Waals surface area (Å²) in [6.07, 6.45) is 2.31. The molecular weight excluding hydrogens is 286 g/mol. The molecule has 3 rings (SSSR count). The maximum absolute atomic E-state index is 11.6. The normalized spacial score (nSPS) is 20.7. The number of rotatable bonds is 4. The average Bonchev–Trinajstić information content (AvgIpc) is 3.00. The second-order valence-electron chi connectivity index (χ2n) is 5.55. The van der Waals surface area contributed by atoms with E-state index in [1.54, 1.807) is 4.68 Å². The Morgan fingerprint density at radius 3 is 2.67 bits per heavy atom. The molecule has 1 saturated heterocycles. The molecule has 2 aromatic rings. The van der Waals surface area contributed by atoms with Crippen molar-refractivity contribution in [3.05, 3.63) is 47.7 Å². The zero-order valence-electron chi connectivity index (χ0n) is 11.8. The van der Waals surface area contributed by atoms with Crippen molar-refractivity contribution >= 4 is 15.7 Å². The van der Waals surface area contributed by atoms with Crippen molar-refractivity contribution in [1.29, 1.82) is 0 Å². The van der Waals surface area contributed by atoms with Crippen LogP contribution in [0.25, 0.3) is 0 Å². The summed E-state index contributed by atoms with van der Waals surface area (Å²) in [5.74, 6) is 0.938. The average molecular weight is 305 g/mol. The van der Waals surface area contributed by atoms with Crippen LogP contribution in [0.5, 0.6) is 0 Å². The van der Waals surface area contributed by atoms with Crippen LogP contribution < -0.4 is 5.73 Å². The van der Waals surface area contributed by atoms with E-state index in [2.05, 4.69) is 17.2 Å². The van der Waals surface area contributed by atoms with Gasteiger partial charge in [-0.25, -0.2) is 13.1 Å². The van der Waals surface area contributed by atoms with E-state index >= 15 is 0 Å². The van der Waals surface area contributed by atoms with E-state index < -0.39 is 9.84 Å². The standard InChI is InChI=1S/C15H19N3O2S/c16-15-10-13(7-6-12-4-2-1-3-5-12)17-18(15)14-8-9-21(19,20)11-14/h1-5,10,14H,6-9,11,16H2. The molecule has 1 fully saturated rings. The van der Waals surface area contributed by atoms with Gasteiger partial charge in [0.2, 0.25) is 0 Å². The molecule has 1 unspecified atom stereocenters. The smallest absolute Gasteiger partial charge is 0.152 e. The molecule has 0 aliphatic carbocycles. The molecule has 1 atom stereocenters. The van der Waals surface area contributed by atoms with Crippen LogP contribution in [0, 0.1) is 0 Å². The Morgan fingerprint density at radius 2 is 2.00 bits per heavy atom. The predicted octanol–water partition coefficient (Wildman–Crippen LogP) is 1.61. The summed E-state index contributed by atoms with van der Waals surface area (Å²) < 4.78 is 24.8. The third-order valence-corrected chi connectivity index (χ3v) is 5.63. The highest BCUT2D eigenvalue weighted by Gasteiger charge is 2.30. The van der Waals surface area contributed by atoms with Gasteiger partial charge in [-0.3, -0.25) is 0 Å². The zero-order valence-corrected chi connectivity index (χ0v) is 12.6. The van der Waals surface area contributed by atoms with E-state index in [1.807, 2.05) is 24.3 Å². The third-order valence-electron chi connectivity index (χ3n) is 3.88. The van der Waals surface area contributed by atoms with Gasteiger partial charge in [0.25, 0.3) is 0 Å². The fraction of sp³-hybridized carbons (Fsp3) is 0.400. The van der Waals surface area contributed by atoms with Crippen molar-refractivity contribution in [2.24, 2.45) is 0 Å². The highest BCUT2D eigenvalue weighted by molar-refractivity contribution is 7.91. The van der Waals surface area contributed by atoms with Crippen molar-refractivity contribution in [3.8, 4) is 0 Å². The van der Waals surface area contributed by atoms with Crippen molar-refractivity contribution < 1.29 is 8.42 Å². The molecule has 0 amide bonds. The monoisotopic (exact) mass is 305 g/mol. The van der Waals surface area contributed by atoms with Crippen LogP contribution in [0.2, 0.25) is 0 Å². The number of aromatic nitrogens is 2. The van der Waals surface area contributed by atoms with Crippen molar-refractivity contribution in [3.63, 3.8) is 0 Å². The topological polar surface area (TPSA) is 78.0 Å². The minimum Gasteiger partial charge on any atom is -0.384 e. The molecule has 0 spiro atoms. The summed E-state index contributed by atoms with van der Waals surface area (Å²) >= 11 is 0. The van der Waals surface area contributed by atoms with Crippen molar-refractivity contribution in [1.82, 2.24) is 9.78 Å². The minimum absolute atomic E-state index is 0.111. The van der Waals surface area contributed by atoms with Crippen LogP contribution in [-0.4, -0.2) is 29.7 Å². The maximum Gasteiger partial charge on any atom is 0.152 e. The lowest BCUT2D eigenvalue weighted by Crippen LogP contribution is -2.14. The van der Waals surface area contributed by atoms with E-state index in [0.717, 1.165) is 18.5 Å². The van der Waals surface area contributed by atoms with Crippen LogP contribution in [0.4, 0.5) is 5.82 Å². The summed E-state index contributed by atoms with van der Waals surface area (Å²) in [5.41, 5.74) is 8.16.